The fraction of sp³-hybridized carbons (Fsp3) is 0.667. The van der Waals surface area contributed by atoms with E-state index in [9.17, 15) is 0 Å². The van der Waals surface area contributed by atoms with E-state index in [2.05, 4.69) is 46.1 Å². The Morgan fingerprint density at radius 3 is 2.90 bits per heavy atom. The number of likely N-dealkylation sites (tertiary alicyclic amines) is 1. The fourth-order valence-corrected chi connectivity index (χ4v) is 5.65. The molecule has 1 saturated carbocycles. The van der Waals surface area contributed by atoms with Crippen molar-refractivity contribution in [2.75, 3.05) is 20.1 Å². The molecule has 1 nitrogen and oxygen atoms in total. The molecule has 3 aliphatic rings. The van der Waals surface area contributed by atoms with Gasteiger partial charge in [-0.3, -0.25) is 0 Å². The Morgan fingerprint density at radius 1 is 1.10 bits per heavy atom. The van der Waals surface area contributed by atoms with Crippen molar-refractivity contribution in [2.24, 2.45) is 17.8 Å². The second kappa shape index (κ2) is 5.14. The zero-order chi connectivity index (χ0) is 13.7. The Morgan fingerprint density at radius 2 is 2.00 bits per heavy atom. The molecule has 2 aliphatic carbocycles. The van der Waals surface area contributed by atoms with E-state index in [1.165, 1.54) is 49.7 Å². The lowest BCUT2D eigenvalue weighted by atomic mass is 9.58. The van der Waals surface area contributed by atoms with Crippen molar-refractivity contribution in [2.45, 2.75) is 38.0 Å². The molecular formula is C18H24BrN. The zero-order valence-corrected chi connectivity index (χ0v) is 13.9. The minimum absolute atomic E-state index is 0.848. The van der Waals surface area contributed by atoms with Crippen LogP contribution in [0.15, 0.2) is 22.7 Å². The summed E-state index contributed by atoms with van der Waals surface area (Å²) in [6.45, 7) is 2.66. The van der Waals surface area contributed by atoms with Crippen LogP contribution >= 0.6 is 15.9 Å². The lowest BCUT2D eigenvalue weighted by molar-refractivity contribution is 0.0385. The van der Waals surface area contributed by atoms with Crippen molar-refractivity contribution in [3.8, 4) is 0 Å². The number of rotatable bonds is 0. The summed E-state index contributed by atoms with van der Waals surface area (Å²) in [5.41, 5.74) is 3.30. The molecule has 0 aromatic heterocycles. The minimum atomic E-state index is 0.848. The number of fused-ring (bicyclic) bond motifs is 5. The molecule has 20 heavy (non-hydrogen) atoms. The molecule has 4 unspecified atom stereocenters. The Bertz CT molecular complexity index is 512. The van der Waals surface area contributed by atoms with E-state index in [0.717, 1.165) is 23.7 Å². The Kier molecular flexibility index (Phi) is 3.42. The highest BCUT2D eigenvalue weighted by Crippen LogP contribution is 2.52. The Balaban J connectivity index is 1.65. The molecule has 4 rings (SSSR count). The molecule has 2 heteroatoms. The first-order chi connectivity index (χ1) is 9.72. The van der Waals surface area contributed by atoms with Crippen molar-refractivity contribution < 1.29 is 0 Å². The Labute approximate surface area is 130 Å². The average Bonchev–Trinajstić information content (AvgIpc) is 2.46. The second-order valence-electron chi connectivity index (χ2n) is 7.20. The number of piperidine rings is 1. The average molecular weight is 334 g/mol. The summed E-state index contributed by atoms with van der Waals surface area (Å²) in [5, 5.41) is 0. The van der Waals surface area contributed by atoms with Crippen LogP contribution in [0.25, 0.3) is 0 Å². The van der Waals surface area contributed by atoms with Gasteiger partial charge in [0.05, 0.1) is 0 Å². The van der Waals surface area contributed by atoms with Crippen LogP contribution < -0.4 is 0 Å². The number of aryl methyl sites for hydroxylation is 1. The van der Waals surface area contributed by atoms with Crippen LogP contribution in [0.4, 0.5) is 0 Å². The van der Waals surface area contributed by atoms with Gasteiger partial charge in [-0.25, -0.2) is 0 Å². The molecule has 2 fully saturated rings. The smallest absolute Gasteiger partial charge is 0.0178 e. The van der Waals surface area contributed by atoms with Crippen molar-refractivity contribution in [3.63, 3.8) is 0 Å². The second-order valence-corrected chi connectivity index (χ2v) is 8.12. The standard InChI is InChI=1S/C18H24BrN/c1-20-9-8-15-13(11-20)4-7-17-16(15)6-3-12-2-5-14(19)10-18(12)17/h2,5,10,13,15-17H,3-4,6-9,11H2,1H3. The molecule has 1 saturated heterocycles. The summed E-state index contributed by atoms with van der Waals surface area (Å²) in [5.74, 6) is 3.78. The first-order valence-corrected chi connectivity index (χ1v) is 8.98. The fourth-order valence-electron chi connectivity index (χ4n) is 5.27. The van der Waals surface area contributed by atoms with Crippen LogP contribution in [0.5, 0.6) is 0 Å². The number of hydrogen-bond donors (Lipinski definition) is 0. The van der Waals surface area contributed by atoms with Gasteiger partial charge in [0, 0.05) is 11.0 Å². The largest absolute Gasteiger partial charge is 0.306 e. The highest BCUT2D eigenvalue weighted by Gasteiger charge is 2.43. The summed E-state index contributed by atoms with van der Waals surface area (Å²) in [6, 6.07) is 7.00. The summed E-state index contributed by atoms with van der Waals surface area (Å²) in [4.78, 5) is 2.55. The van der Waals surface area contributed by atoms with E-state index >= 15 is 0 Å². The predicted octanol–water partition coefficient (Wildman–Crippen LogP) is 4.46. The molecule has 4 atom stereocenters. The van der Waals surface area contributed by atoms with E-state index in [-0.39, 0.29) is 0 Å². The third-order valence-corrected chi connectivity index (χ3v) is 6.66. The number of nitrogens with zero attached hydrogens (tertiary/aromatic N) is 1. The summed E-state index contributed by atoms with van der Waals surface area (Å²) in [7, 11) is 2.30. The predicted molar refractivity (Wildman–Crippen MR) is 87.0 cm³/mol. The highest BCUT2D eigenvalue weighted by molar-refractivity contribution is 9.10. The molecule has 0 amide bonds. The maximum atomic E-state index is 3.68. The molecule has 1 aliphatic heterocycles. The summed E-state index contributed by atoms with van der Waals surface area (Å²) < 4.78 is 1.27. The maximum absolute atomic E-state index is 3.68. The van der Waals surface area contributed by atoms with Gasteiger partial charge in [0.25, 0.3) is 0 Å². The molecule has 1 aromatic rings. The van der Waals surface area contributed by atoms with E-state index in [1.54, 1.807) is 11.1 Å². The van der Waals surface area contributed by atoms with E-state index in [1.807, 2.05) is 0 Å². The first-order valence-electron chi connectivity index (χ1n) is 8.19. The van der Waals surface area contributed by atoms with Crippen LogP contribution in [-0.2, 0) is 6.42 Å². The van der Waals surface area contributed by atoms with Crippen LogP contribution in [0.3, 0.4) is 0 Å². The van der Waals surface area contributed by atoms with E-state index in [4.69, 9.17) is 0 Å². The molecular weight excluding hydrogens is 310 g/mol. The lowest BCUT2D eigenvalue weighted by Gasteiger charge is -2.50. The number of halogens is 1. The first kappa shape index (κ1) is 13.3. The van der Waals surface area contributed by atoms with E-state index in [0.29, 0.717) is 0 Å². The maximum Gasteiger partial charge on any atom is 0.0178 e. The van der Waals surface area contributed by atoms with Gasteiger partial charge in [-0.2, -0.15) is 0 Å². The zero-order valence-electron chi connectivity index (χ0n) is 12.3. The molecule has 0 spiro atoms. The molecule has 1 heterocycles. The van der Waals surface area contributed by atoms with Gasteiger partial charge in [-0.05, 0) is 92.6 Å². The van der Waals surface area contributed by atoms with Gasteiger partial charge in [0.15, 0.2) is 0 Å². The van der Waals surface area contributed by atoms with Crippen molar-refractivity contribution in [1.82, 2.24) is 4.90 Å². The van der Waals surface area contributed by atoms with Gasteiger partial charge in [0.1, 0.15) is 0 Å². The normalized spacial score (nSPS) is 36.9. The van der Waals surface area contributed by atoms with Crippen LogP contribution in [-0.4, -0.2) is 25.0 Å². The van der Waals surface area contributed by atoms with E-state index < -0.39 is 0 Å². The van der Waals surface area contributed by atoms with Gasteiger partial charge in [-0.15, -0.1) is 0 Å². The van der Waals surface area contributed by atoms with Crippen molar-refractivity contribution in [3.05, 3.63) is 33.8 Å². The van der Waals surface area contributed by atoms with Gasteiger partial charge < -0.3 is 4.90 Å². The van der Waals surface area contributed by atoms with Crippen LogP contribution in [0, 0.1) is 17.8 Å². The third kappa shape index (κ3) is 2.16. The minimum Gasteiger partial charge on any atom is -0.306 e. The quantitative estimate of drug-likeness (QED) is 0.677. The summed E-state index contributed by atoms with van der Waals surface area (Å²) in [6.07, 6.45) is 7.05. The van der Waals surface area contributed by atoms with Gasteiger partial charge >= 0.3 is 0 Å². The van der Waals surface area contributed by atoms with Crippen LogP contribution in [0.2, 0.25) is 0 Å². The lowest BCUT2D eigenvalue weighted by Crippen LogP contribution is -2.46. The Hall–Kier alpha value is -0.340. The molecule has 1 aromatic carbocycles. The van der Waals surface area contributed by atoms with Gasteiger partial charge in [-0.1, -0.05) is 22.0 Å². The van der Waals surface area contributed by atoms with Crippen molar-refractivity contribution >= 4 is 15.9 Å². The third-order valence-electron chi connectivity index (χ3n) is 6.17. The SMILES string of the molecule is CN1CCC2C(CCC3c4cc(Br)ccc4CCC32)C1. The molecule has 108 valence electrons. The van der Waals surface area contributed by atoms with Crippen molar-refractivity contribution in [1.29, 1.82) is 0 Å². The number of hydrogen-bond acceptors (Lipinski definition) is 1. The van der Waals surface area contributed by atoms with Crippen LogP contribution in [0.1, 0.15) is 42.7 Å². The topological polar surface area (TPSA) is 3.24 Å². The number of benzene rings is 1. The monoisotopic (exact) mass is 333 g/mol. The highest BCUT2D eigenvalue weighted by atomic mass is 79.9. The molecule has 0 radical (unpaired) electrons. The van der Waals surface area contributed by atoms with Gasteiger partial charge in [0.2, 0.25) is 0 Å². The summed E-state index contributed by atoms with van der Waals surface area (Å²) >= 11 is 3.68. The molecule has 0 N–H and O–H groups in total. The molecule has 0 bridgehead atoms.